The van der Waals surface area contributed by atoms with Crippen molar-refractivity contribution < 1.29 is 28.9 Å². The first-order valence-corrected chi connectivity index (χ1v) is 17.6. The minimum absolute atomic E-state index is 0. The fourth-order valence-electron chi connectivity index (χ4n) is 7.47. The molecule has 15 heteroatoms. The van der Waals surface area contributed by atoms with Crippen molar-refractivity contribution in [2.75, 3.05) is 0 Å². The van der Waals surface area contributed by atoms with Crippen LogP contribution in [0.15, 0.2) is 48.9 Å². The van der Waals surface area contributed by atoms with E-state index in [-0.39, 0.29) is 34.2 Å². The van der Waals surface area contributed by atoms with Crippen molar-refractivity contribution in [3.8, 4) is 11.5 Å². The van der Waals surface area contributed by atoms with Gasteiger partial charge in [-0.05, 0) is 116 Å². The molecule has 2 aliphatic heterocycles. The van der Waals surface area contributed by atoms with E-state index in [2.05, 4.69) is 19.9 Å². The predicted molar refractivity (Wildman–Crippen MR) is 199 cm³/mol. The highest BCUT2D eigenvalue weighted by Gasteiger charge is 2.40. The van der Waals surface area contributed by atoms with Gasteiger partial charge in [0.05, 0.1) is 12.4 Å². The first kappa shape index (κ1) is 35.0. The number of Topliss-reactive ketones (excluding diaryl/α,β-unsaturated/α-hetero) is 1. The van der Waals surface area contributed by atoms with Gasteiger partial charge in [0.1, 0.15) is 28.6 Å². The third kappa shape index (κ3) is 7.18. The number of aromatic nitrogens is 4. The Morgan fingerprint density at radius 3 is 1.72 bits per heavy atom. The molecule has 4 saturated carbocycles. The maximum Gasteiger partial charge on any atom is 0.552 e. The maximum absolute atomic E-state index is 12.0. The summed E-state index contributed by atoms with van der Waals surface area (Å²) in [6, 6.07) is 4.27. The second-order valence-electron chi connectivity index (χ2n) is 14.2. The van der Waals surface area contributed by atoms with E-state index in [0.29, 0.717) is 41.0 Å². The number of nitrogens with two attached hydrogens (primary N) is 1. The van der Waals surface area contributed by atoms with Gasteiger partial charge in [-0.15, -0.1) is 17.0 Å². The van der Waals surface area contributed by atoms with Crippen molar-refractivity contribution in [3.05, 3.63) is 60.0 Å². The summed E-state index contributed by atoms with van der Waals surface area (Å²) in [5.41, 5.74) is 11.9. The van der Waals surface area contributed by atoms with Gasteiger partial charge < -0.3 is 35.1 Å². The van der Waals surface area contributed by atoms with Gasteiger partial charge in [0.15, 0.2) is 0 Å². The Labute approximate surface area is 305 Å². The van der Waals surface area contributed by atoms with Gasteiger partial charge in [-0.25, -0.2) is 9.97 Å². The number of halogens is 2. The number of rotatable bonds is 6. The number of carbonyl (C=O) groups is 2. The summed E-state index contributed by atoms with van der Waals surface area (Å²) in [6.07, 6.45) is 16.0. The fraction of sp³-hybridized carbons (Fsp3) is 0.429. The van der Waals surface area contributed by atoms with Crippen LogP contribution in [0.25, 0.3) is 33.2 Å². The van der Waals surface area contributed by atoms with Crippen LogP contribution in [0.5, 0.6) is 11.5 Å². The van der Waals surface area contributed by atoms with Gasteiger partial charge in [-0.2, -0.15) is 0 Å². The molecule has 0 saturated heterocycles. The Bertz CT molecular complexity index is 1980. The Kier molecular flexibility index (Phi) is 10.0. The second-order valence-corrected chi connectivity index (χ2v) is 14.6. The number of hydrogen-bond acceptors (Lipinski definition) is 9. The van der Waals surface area contributed by atoms with E-state index >= 15 is 0 Å². The first-order valence-electron chi connectivity index (χ1n) is 17.2. The van der Waals surface area contributed by atoms with Gasteiger partial charge in [0, 0.05) is 58.6 Å². The molecule has 50 heavy (non-hydrogen) atoms. The smallest absolute Gasteiger partial charge is 0.531 e. The van der Waals surface area contributed by atoms with Crippen LogP contribution in [0.2, 0.25) is 0 Å². The van der Waals surface area contributed by atoms with Crippen LogP contribution >= 0.6 is 28.6 Å². The minimum Gasteiger partial charge on any atom is -0.531 e. The number of pyridine rings is 2. The number of allylic oxidation sites excluding steroid dienone is 2. The van der Waals surface area contributed by atoms with Crippen LogP contribution in [0.3, 0.4) is 0 Å². The summed E-state index contributed by atoms with van der Waals surface area (Å²) in [5.74, 6) is 7.25. The zero-order valence-corrected chi connectivity index (χ0v) is 29.9. The quantitative estimate of drug-likeness (QED) is 0.124. The van der Waals surface area contributed by atoms with E-state index in [9.17, 15) is 19.6 Å². The molecule has 0 unspecified atom stereocenters. The number of ketones is 1. The number of carbonyl (C=O) groups excluding carboxylic acids is 2. The molecular weight excluding hydrogens is 723 g/mol. The Morgan fingerprint density at radius 2 is 1.30 bits per heavy atom. The fourth-order valence-corrected chi connectivity index (χ4v) is 7.69. The second kappa shape index (κ2) is 14.3. The monoisotopic (exact) mass is 761 g/mol. The third-order valence-electron chi connectivity index (χ3n) is 10.5. The molecule has 11 nitrogen and oxygen atoms in total. The molecule has 10 rings (SSSR count). The third-order valence-corrected chi connectivity index (χ3v) is 10.8. The largest absolute Gasteiger partial charge is 0.552 e. The Hall–Kier alpha value is -3.42. The molecule has 0 bridgehead atoms. The van der Waals surface area contributed by atoms with Gasteiger partial charge in [0.2, 0.25) is 5.24 Å². The highest BCUT2D eigenvalue weighted by molar-refractivity contribution is 8.93. The Morgan fingerprint density at radius 1 is 0.820 bits per heavy atom. The topological polar surface area (TPSA) is 176 Å². The van der Waals surface area contributed by atoms with E-state index in [1.807, 2.05) is 30.5 Å². The van der Waals surface area contributed by atoms with Gasteiger partial charge in [0.25, 0.3) is 0 Å². The van der Waals surface area contributed by atoms with Crippen LogP contribution < -0.4 is 15.0 Å². The summed E-state index contributed by atoms with van der Waals surface area (Å²) in [4.78, 5) is 36.8. The summed E-state index contributed by atoms with van der Waals surface area (Å²) in [6.45, 7) is 0. The molecule has 0 spiro atoms. The maximum atomic E-state index is 12.0. The summed E-state index contributed by atoms with van der Waals surface area (Å²) >= 11 is 5.04. The molecule has 6 heterocycles. The molecule has 4 aromatic heterocycles. The number of nitrogens with zero attached hydrogens (tertiary/aromatic N) is 2. The minimum atomic E-state index is -0.919. The summed E-state index contributed by atoms with van der Waals surface area (Å²) in [7, 11) is -1.81. The van der Waals surface area contributed by atoms with E-state index in [0.717, 1.165) is 102 Å². The van der Waals surface area contributed by atoms with Crippen molar-refractivity contribution >= 4 is 87.1 Å². The molecule has 4 aliphatic carbocycles. The molecule has 0 atom stereocenters. The predicted octanol–water partition coefficient (Wildman–Crippen LogP) is 5.59. The number of hydrogen-bond donors (Lipinski definition) is 5. The molecule has 0 amide bonds. The SMILES string of the molecule is Br.NC1CC(C2=CB(O)Oc3cnc4[nH]ccc4c32)C1.O=C(CC1CC(C2=CB(O)Oc3cnc4[nH]ccc4c32)C1)C1CC1.O=C(Cl)C1CC1. The normalized spacial score (nSPS) is 24.6. The molecule has 6 N–H and O–H groups in total. The van der Waals surface area contributed by atoms with Crippen LogP contribution in [0.4, 0.5) is 0 Å². The standard InChI is InChI=1S/C18H19BN2O3.C13H14BN3O2.C4H5ClO.BrH/c22-15(11-1-2-11)7-10-5-12(6-10)14-8-19(23)24-16-9-21-18-13(17(14)16)3-4-20-18;15-8-3-7(4-8)10-5-14(18)19-11-6-17-13-9(12(10)11)1-2-16-13;5-4(6)3-1-2-3;/h3-4,8-12,23H,1-2,5-7H2,(H,20,21);1-2,5-8,18H,3-4,15H2,(H,16,17);3H,1-2H2;1H. The van der Waals surface area contributed by atoms with E-state index < -0.39 is 14.2 Å². The lowest BCUT2D eigenvalue weighted by Crippen LogP contribution is -2.38. The number of H-pyrrole nitrogens is 2. The number of nitrogens with one attached hydrogen (secondary N) is 2. The zero-order valence-electron chi connectivity index (χ0n) is 27.4. The summed E-state index contributed by atoms with van der Waals surface area (Å²) < 4.78 is 11.0. The van der Waals surface area contributed by atoms with Crippen molar-refractivity contribution in [1.82, 2.24) is 19.9 Å². The van der Waals surface area contributed by atoms with E-state index in [1.165, 1.54) is 0 Å². The number of fused-ring (bicyclic) bond motifs is 6. The lowest BCUT2D eigenvalue weighted by molar-refractivity contribution is -0.122. The van der Waals surface area contributed by atoms with Gasteiger partial charge in [-0.3, -0.25) is 9.59 Å². The van der Waals surface area contributed by atoms with Crippen LogP contribution in [-0.4, -0.2) is 61.3 Å². The van der Waals surface area contributed by atoms with Crippen LogP contribution in [0, 0.1) is 29.6 Å². The lowest BCUT2D eigenvalue weighted by Gasteiger charge is -2.38. The number of aromatic amines is 2. The van der Waals surface area contributed by atoms with Crippen LogP contribution in [-0.2, 0) is 9.59 Å². The van der Waals surface area contributed by atoms with Crippen LogP contribution in [0.1, 0.15) is 68.9 Å². The molecular formula is C35H39B2BrClN5O6. The zero-order chi connectivity index (χ0) is 33.8. The summed E-state index contributed by atoms with van der Waals surface area (Å²) in [5, 5.41) is 21.8. The molecule has 0 aromatic carbocycles. The highest BCUT2D eigenvalue weighted by Crippen LogP contribution is 2.50. The highest BCUT2D eigenvalue weighted by atomic mass is 79.9. The average molecular weight is 763 g/mol. The van der Waals surface area contributed by atoms with Crippen molar-refractivity contribution in [3.63, 3.8) is 0 Å². The molecule has 4 fully saturated rings. The van der Waals surface area contributed by atoms with Gasteiger partial charge in [-0.1, -0.05) is 0 Å². The van der Waals surface area contributed by atoms with E-state index in [1.54, 1.807) is 18.4 Å². The van der Waals surface area contributed by atoms with Crippen molar-refractivity contribution in [2.45, 2.75) is 63.8 Å². The van der Waals surface area contributed by atoms with E-state index in [4.69, 9.17) is 26.6 Å². The molecule has 260 valence electrons. The molecule has 0 radical (unpaired) electrons. The van der Waals surface area contributed by atoms with Gasteiger partial charge >= 0.3 is 14.2 Å². The van der Waals surface area contributed by atoms with Crippen molar-refractivity contribution in [1.29, 1.82) is 0 Å². The van der Waals surface area contributed by atoms with Crippen molar-refractivity contribution in [2.24, 2.45) is 35.3 Å². The average Bonchev–Trinajstić information content (AvgIpc) is 3.98. The molecule has 4 aromatic rings. The lowest BCUT2D eigenvalue weighted by atomic mass is 9.64. The molecule has 6 aliphatic rings. The Balaban J connectivity index is 0.000000135. The first-order chi connectivity index (χ1) is 23.7.